The number of carbonyl (C=O) groups excluding carboxylic acids is 1. The molecular weight excluding hydrogens is 362 g/mol. The van der Waals surface area contributed by atoms with Crippen molar-refractivity contribution in [2.45, 2.75) is 12.8 Å². The number of nitro groups is 1. The summed E-state index contributed by atoms with van der Waals surface area (Å²) < 4.78 is 0. The molecular formula is C19H17N5O4. The normalized spacial score (nSPS) is 13.6. The first kappa shape index (κ1) is 17.7. The van der Waals surface area contributed by atoms with Crippen LogP contribution in [-0.4, -0.2) is 33.9 Å². The van der Waals surface area contributed by atoms with Crippen molar-refractivity contribution in [3.63, 3.8) is 0 Å². The van der Waals surface area contributed by atoms with Crippen molar-refractivity contribution in [2.75, 3.05) is 23.3 Å². The van der Waals surface area contributed by atoms with Gasteiger partial charge in [0.1, 0.15) is 5.69 Å². The molecule has 2 N–H and O–H groups in total. The van der Waals surface area contributed by atoms with Gasteiger partial charge in [-0.05, 0) is 43.2 Å². The van der Waals surface area contributed by atoms with Gasteiger partial charge in [-0.2, -0.15) is 0 Å². The molecule has 0 atom stereocenters. The Morgan fingerprint density at radius 3 is 2.71 bits per heavy atom. The van der Waals surface area contributed by atoms with Crippen LogP contribution in [0.4, 0.5) is 17.1 Å². The SMILES string of the molecule is O=C(Nc1ccc2nc[nH]c(=O)c2c1)c1ccc(N2CCCC2)c([N+](=O)[O-])c1. The molecule has 1 aromatic heterocycles. The summed E-state index contributed by atoms with van der Waals surface area (Å²) in [5, 5.41) is 14.5. The van der Waals surface area contributed by atoms with Gasteiger partial charge in [0.05, 0.1) is 22.2 Å². The molecule has 2 aromatic carbocycles. The summed E-state index contributed by atoms with van der Waals surface area (Å²) in [4.78, 5) is 44.0. The number of hydrogen-bond acceptors (Lipinski definition) is 6. The first-order chi connectivity index (χ1) is 13.5. The monoisotopic (exact) mass is 379 g/mol. The Balaban J connectivity index is 1.63. The lowest BCUT2D eigenvalue weighted by Gasteiger charge is -2.17. The first-order valence-electron chi connectivity index (χ1n) is 8.85. The number of aromatic nitrogens is 2. The van der Waals surface area contributed by atoms with Crippen LogP contribution >= 0.6 is 0 Å². The molecule has 0 bridgehead atoms. The minimum absolute atomic E-state index is 0.0892. The molecule has 0 saturated carbocycles. The Bertz CT molecular complexity index is 1130. The third-order valence-electron chi connectivity index (χ3n) is 4.78. The molecule has 1 aliphatic rings. The van der Waals surface area contributed by atoms with Crippen molar-refractivity contribution >= 4 is 33.9 Å². The number of H-pyrrole nitrogens is 1. The first-order valence-corrected chi connectivity index (χ1v) is 8.85. The Kier molecular flexibility index (Phi) is 4.48. The average molecular weight is 379 g/mol. The van der Waals surface area contributed by atoms with Crippen LogP contribution in [-0.2, 0) is 0 Å². The number of rotatable bonds is 4. The fourth-order valence-corrected chi connectivity index (χ4v) is 3.39. The molecule has 28 heavy (non-hydrogen) atoms. The fraction of sp³-hybridized carbons (Fsp3) is 0.211. The topological polar surface area (TPSA) is 121 Å². The summed E-state index contributed by atoms with van der Waals surface area (Å²) in [6.07, 6.45) is 3.30. The highest BCUT2D eigenvalue weighted by Crippen LogP contribution is 2.32. The van der Waals surface area contributed by atoms with E-state index in [0.717, 1.165) is 25.9 Å². The summed E-state index contributed by atoms with van der Waals surface area (Å²) in [5.41, 5.74) is 1.22. The maximum Gasteiger partial charge on any atom is 0.293 e. The van der Waals surface area contributed by atoms with Crippen LogP contribution in [0.2, 0.25) is 0 Å². The Labute approximate surface area is 159 Å². The number of nitrogens with one attached hydrogen (secondary N) is 2. The summed E-state index contributed by atoms with van der Waals surface area (Å²) in [6, 6.07) is 9.25. The van der Waals surface area contributed by atoms with Gasteiger partial charge in [0, 0.05) is 30.4 Å². The van der Waals surface area contributed by atoms with Crippen LogP contribution in [0, 0.1) is 10.1 Å². The van der Waals surface area contributed by atoms with Crippen molar-refractivity contribution in [1.29, 1.82) is 0 Å². The van der Waals surface area contributed by atoms with Crippen molar-refractivity contribution in [3.05, 3.63) is 68.8 Å². The highest BCUT2D eigenvalue weighted by Gasteiger charge is 2.24. The Hall–Kier alpha value is -3.75. The van der Waals surface area contributed by atoms with E-state index in [9.17, 15) is 19.7 Å². The molecule has 1 aliphatic heterocycles. The van der Waals surface area contributed by atoms with E-state index < -0.39 is 10.8 Å². The smallest absolute Gasteiger partial charge is 0.293 e. The molecule has 9 nitrogen and oxygen atoms in total. The summed E-state index contributed by atoms with van der Waals surface area (Å²) in [7, 11) is 0. The van der Waals surface area contributed by atoms with Crippen LogP contribution in [0.5, 0.6) is 0 Å². The quantitative estimate of drug-likeness (QED) is 0.531. The van der Waals surface area contributed by atoms with Crippen molar-refractivity contribution < 1.29 is 9.72 Å². The zero-order valence-electron chi connectivity index (χ0n) is 14.8. The number of anilines is 2. The predicted molar refractivity (Wildman–Crippen MR) is 105 cm³/mol. The number of nitrogens with zero attached hydrogens (tertiary/aromatic N) is 3. The molecule has 0 radical (unpaired) electrons. The lowest BCUT2D eigenvalue weighted by molar-refractivity contribution is -0.384. The van der Waals surface area contributed by atoms with E-state index in [1.807, 2.05) is 4.90 Å². The van der Waals surface area contributed by atoms with Crippen molar-refractivity contribution in [3.8, 4) is 0 Å². The molecule has 1 saturated heterocycles. The van der Waals surface area contributed by atoms with Crippen LogP contribution in [0.3, 0.4) is 0 Å². The molecule has 1 fully saturated rings. The standard InChI is InChI=1S/C19H17N5O4/c25-18(22-13-4-5-15-14(10-13)19(26)21-11-20-15)12-3-6-16(17(9-12)24(27)28)23-7-1-2-8-23/h3-6,9-11H,1-2,7-8H2,(H,22,25)(H,20,21,26). The fourth-order valence-electron chi connectivity index (χ4n) is 3.39. The second-order valence-electron chi connectivity index (χ2n) is 6.57. The minimum Gasteiger partial charge on any atom is -0.366 e. The van der Waals surface area contributed by atoms with Gasteiger partial charge in [0.25, 0.3) is 17.2 Å². The van der Waals surface area contributed by atoms with Gasteiger partial charge >= 0.3 is 0 Å². The van der Waals surface area contributed by atoms with Gasteiger partial charge in [-0.1, -0.05) is 0 Å². The van der Waals surface area contributed by atoms with E-state index in [-0.39, 0.29) is 16.8 Å². The molecule has 2 heterocycles. The minimum atomic E-state index is -0.490. The van der Waals surface area contributed by atoms with Crippen molar-refractivity contribution in [1.82, 2.24) is 9.97 Å². The van der Waals surface area contributed by atoms with E-state index in [4.69, 9.17) is 0 Å². The third kappa shape index (κ3) is 3.29. The zero-order chi connectivity index (χ0) is 19.7. The molecule has 142 valence electrons. The maximum atomic E-state index is 12.6. The number of carbonyl (C=O) groups is 1. The summed E-state index contributed by atoms with van der Waals surface area (Å²) in [5.74, 6) is -0.490. The van der Waals surface area contributed by atoms with Gasteiger partial charge in [0.2, 0.25) is 0 Å². The molecule has 9 heteroatoms. The molecule has 1 amide bonds. The van der Waals surface area contributed by atoms with Crippen molar-refractivity contribution in [2.24, 2.45) is 0 Å². The molecule has 3 aromatic rings. The number of benzene rings is 2. The van der Waals surface area contributed by atoms with E-state index in [1.165, 1.54) is 18.5 Å². The van der Waals surface area contributed by atoms with Gasteiger partial charge in [-0.3, -0.25) is 19.7 Å². The van der Waals surface area contributed by atoms with Crippen LogP contribution in [0.15, 0.2) is 47.5 Å². The van der Waals surface area contributed by atoms with Gasteiger partial charge in [-0.15, -0.1) is 0 Å². The lowest BCUT2D eigenvalue weighted by Crippen LogP contribution is -2.20. The number of hydrogen-bond donors (Lipinski definition) is 2. The third-order valence-corrected chi connectivity index (χ3v) is 4.78. The zero-order valence-corrected chi connectivity index (χ0v) is 14.8. The average Bonchev–Trinajstić information content (AvgIpc) is 3.23. The van der Waals surface area contributed by atoms with Crippen LogP contribution in [0.25, 0.3) is 10.9 Å². The molecule has 4 rings (SSSR count). The van der Waals surface area contributed by atoms with E-state index in [2.05, 4.69) is 15.3 Å². The number of aromatic amines is 1. The van der Waals surface area contributed by atoms with E-state index >= 15 is 0 Å². The number of nitro benzene ring substituents is 1. The highest BCUT2D eigenvalue weighted by atomic mass is 16.6. The molecule has 0 spiro atoms. The Morgan fingerprint density at radius 2 is 1.96 bits per heavy atom. The predicted octanol–water partition coefficient (Wildman–Crippen LogP) is 2.68. The van der Waals surface area contributed by atoms with E-state index in [0.29, 0.717) is 22.3 Å². The summed E-state index contributed by atoms with van der Waals surface area (Å²) in [6.45, 7) is 1.54. The van der Waals surface area contributed by atoms with Gasteiger partial charge in [-0.25, -0.2) is 4.98 Å². The number of amides is 1. The second kappa shape index (κ2) is 7.10. The highest BCUT2D eigenvalue weighted by molar-refractivity contribution is 6.05. The van der Waals surface area contributed by atoms with Crippen LogP contribution in [0.1, 0.15) is 23.2 Å². The lowest BCUT2D eigenvalue weighted by atomic mass is 10.1. The second-order valence-corrected chi connectivity index (χ2v) is 6.57. The molecule has 0 unspecified atom stereocenters. The number of fused-ring (bicyclic) bond motifs is 1. The van der Waals surface area contributed by atoms with Gasteiger partial charge in [0.15, 0.2) is 0 Å². The summed E-state index contributed by atoms with van der Waals surface area (Å²) >= 11 is 0. The maximum absolute atomic E-state index is 12.6. The Morgan fingerprint density at radius 1 is 1.18 bits per heavy atom. The van der Waals surface area contributed by atoms with E-state index in [1.54, 1.807) is 24.3 Å². The largest absolute Gasteiger partial charge is 0.366 e. The molecule has 0 aliphatic carbocycles. The van der Waals surface area contributed by atoms with Gasteiger partial charge < -0.3 is 15.2 Å². The van der Waals surface area contributed by atoms with Crippen LogP contribution < -0.4 is 15.8 Å².